The predicted octanol–water partition coefficient (Wildman–Crippen LogP) is 1.96. The first-order valence-corrected chi connectivity index (χ1v) is 6.58. The molecular weight excluding hydrogens is 200 g/mol. The molecule has 3 nitrogen and oxygen atoms in total. The summed E-state index contributed by atoms with van der Waals surface area (Å²) in [4.78, 5) is 0. The monoisotopic (exact) mass is 222 g/mol. The highest BCUT2D eigenvalue weighted by Crippen LogP contribution is 2.33. The molecule has 0 aromatic heterocycles. The van der Waals surface area contributed by atoms with Gasteiger partial charge in [-0.1, -0.05) is 25.7 Å². The van der Waals surface area contributed by atoms with Crippen LogP contribution in [0.4, 0.5) is 0 Å². The molecule has 0 radical (unpaired) electrons. The standard InChI is InChI=1S/C13H22N2O/c14-9-11-5-1-2-6-12(11)15-13(10-16)7-3-4-8-13/h11-12,15-16H,1-8,10H2. The van der Waals surface area contributed by atoms with Gasteiger partial charge in [-0.2, -0.15) is 5.26 Å². The molecule has 90 valence electrons. The van der Waals surface area contributed by atoms with Crippen molar-refractivity contribution >= 4 is 0 Å². The van der Waals surface area contributed by atoms with E-state index in [1.165, 1.54) is 25.7 Å². The molecule has 3 heteroatoms. The molecule has 0 aromatic carbocycles. The highest BCUT2D eigenvalue weighted by atomic mass is 16.3. The molecule has 2 atom stereocenters. The van der Waals surface area contributed by atoms with E-state index in [1.807, 2.05) is 0 Å². The Balaban J connectivity index is 1.98. The SMILES string of the molecule is N#CC1CCCCC1NC1(CO)CCCC1. The van der Waals surface area contributed by atoms with Gasteiger partial charge in [0, 0.05) is 11.6 Å². The second-order valence-corrected chi connectivity index (χ2v) is 5.42. The van der Waals surface area contributed by atoms with Gasteiger partial charge in [0.2, 0.25) is 0 Å². The van der Waals surface area contributed by atoms with Crippen molar-refractivity contribution < 1.29 is 5.11 Å². The van der Waals surface area contributed by atoms with E-state index >= 15 is 0 Å². The molecule has 2 fully saturated rings. The Labute approximate surface area is 97.8 Å². The van der Waals surface area contributed by atoms with Crippen LogP contribution in [0.2, 0.25) is 0 Å². The molecule has 0 spiro atoms. The average molecular weight is 222 g/mol. The van der Waals surface area contributed by atoms with Crippen molar-refractivity contribution in [1.29, 1.82) is 5.26 Å². The molecule has 2 unspecified atom stereocenters. The van der Waals surface area contributed by atoms with Crippen LogP contribution >= 0.6 is 0 Å². The Hall–Kier alpha value is -0.590. The molecule has 0 bridgehead atoms. The highest BCUT2D eigenvalue weighted by molar-refractivity contribution is 5.01. The van der Waals surface area contributed by atoms with E-state index in [4.69, 9.17) is 5.26 Å². The van der Waals surface area contributed by atoms with Gasteiger partial charge < -0.3 is 10.4 Å². The summed E-state index contributed by atoms with van der Waals surface area (Å²) >= 11 is 0. The van der Waals surface area contributed by atoms with Crippen molar-refractivity contribution in [2.24, 2.45) is 5.92 Å². The fraction of sp³-hybridized carbons (Fsp3) is 0.923. The molecule has 2 N–H and O–H groups in total. The molecule has 2 aliphatic rings. The van der Waals surface area contributed by atoms with E-state index in [0.29, 0.717) is 6.04 Å². The summed E-state index contributed by atoms with van der Waals surface area (Å²) in [5.74, 6) is 0.151. The number of aliphatic hydroxyl groups is 1. The van der Waals surface area contributed by atoms with Crippen molar-refractivity contribution in [3.8, 4) is 6.07 Å². The van der Waals surface area contributed by atoms with Gasteiger partial charge in [0.25, 0.3) is 0 Å². The van der Waals surface area contributed by atoms with Gasteiger partial charge in [-0.3, -0.25) is 0 Å². The van der Waals surface area contributed by atoms with Crippen LogP contribution in [0.1, 0.15) is 51.4 Å². The molecule has 16 heavy (non-hydrogen) atoms. The molecule has 0 heterocycles. The van der Waals surface area contributed by atoms with Crippen LogP contribution < -0.4 is 5.32 Å². The smallest absolute Gasteiger partial charge is 0.0672 e. The molecule has 0 amide bonds. The summed E-state index contributed by atoms with van der Waals surface area (Å²) in [5, 5.41) is 22.3. The number of rotatable bonds is 3. The van der Waals surface area contributed by atoms with Crippen LogP contribution in [0.5, 0.6) is 0 Å². The quantitative estimate of drug-likeness (QED) is 0.767. The van der Waals surface area contributed by atoms with Crippen molar-refractivity contribution in [2.75, 3.05) is 6.61 Å². The third-order valence-electron chi connectivity index (χ3n) is 4.29. The summed E-state index contributed by atoms with van der Waals surface area (Å²) < 4.78 is 0. The van der Waals surface area contributed by atoms with Crippen molar-refractivity contribution in [1.82, 2.24) is 5.32 Å². The fourth-order valence-corrected chi connectivity index (χ4v) is 3.25. The topological polar surface area (TPSA) is 56.0 Å². The van der Waals surface area contributed by atoms with E-state index in [2.05, 4.69) is 11.4 Å². The van der Waals surface area contributed by atoms with E-state index in [9.17, 15) is 5.11 Å². The number of nitrogens with zero attached hydrogens (tertiary/aromatic N) is 1. The van der Waals surface area contributed by atoms with Crippen LogP contribution in [0.25, 0.3) is 0 Å². The van der Waals surface area contributed by atoms with E-state index < -0.39 is 0 Å². The van der Waals surface area contributed by atoms with Gasteiger partial charge in [-0.15, -0.1) is 0 Å². The maximum atomic E-state index is 9.56. The largest absolute Gasteiger partial charge is 0.394 e. The summed E-state index contributed by atoms with van der Waals surface area (Å²) in [6.45, 7) is 0.224. The van der Waals surface area contributed by atoms with Gasteiger partial charge in [-0.05, 0) is 25.7 Å². The first-order valence-electron chi connectivity index (χ1n) is 6.58. The lowest BCUT2D eigenvalue weighted by atomic mass is 9.83. The lowest BCUT2D eigenvalue weighted by Crippen LogP contribution is -2.54. The molecule has 0 aromatic rings. The number of hydrogen-bond acceptors (Lipinski definition) is 3. The van der Waals surface area contributed by atoms with E-state index in [1.54, 1.807) is 0 Å². The van der Waals surface area contributed by atoms with Crippen molar-refractivity contribution in [3.63, 3.8) is 0 Å². The second kappa shape index (κ2) is 5.16. The summed E-state index contributed by atoms with van der Waals surface area (Å²) in [5.41, 5.74) is -0.0723. The summed E-state index contributed by atoms with van der Waals surface area (Å²) in [6, 6.07) is 2.73. The molecule has 2 saturated carbocycles. The Bertz CT molecular complexity index is 266. The Morgan fingerprint density at radius 2 is 1.88 bits per heavy atom. The number of aliphatic hydroxyl groups excluding tert-OH is 1. The molecular formula is C13H22N2O. The minimum absolute atomic E-state index is 0.0723. The molecule has 0 aliphatic heterocycles. The van der Waals surface area contributed by atoms with Gasteiger partial charge in [-0.25, -0.2) is 0 Å². The van der Waals surface area contributed by atoms with E-state index in [-0.39, 0.29) is 18.1 Å². The molecule has 0 saturated heterocycles. The number of nitriles is 1. The molecule has 2 rings (SSSR count). The predicted molar refractivity (Wildman–Crippen MR) is 62.8 cm³/mol. The maximum Gasteiger partial charge on any atom is 0.0672 e. The van der Waals surface area contributed by atoms with Crippen LogP contribution in [-0.2, 0) is 0 Å². The van der Waals surface area contributed by atoms with Crippen LogP contribution in [-0.4, -0.2) is 23.3 Å². The average Bonchev–Trinajstić information content (AvgIpc) is 2.79. The minimum atomic E-state index is -0.0723. The zero-order valence-electron chi connectivity index (χ0n) is 9.91. The highest BCUT2D eigenvalue weighted by Gasteiger charge is 2.37. The van der Waals surface area contributed by atoms with Gasteiger partial charge in [0.15, 0.2) is 0 Å². The van der Waals surface area contributed by atoms with E-state index in [0.717, 1.165) is 25.7 Å². The van der Waals surface area contributed by atoms with Gasteiger partial charge in [0.1, 0.15) is 0 Å². The second-order valence-electron chi connectivity index (χ2n) is 5.42. The normalized spacial score (nSPS) is 33.5. The Morgan fingerprint density at radius 3 is 2.50 bits per heavy atom. The third kappa shape index (κ3) is 2.39. The van der Waals surface area contributed by atoms with Crippen LogP contribution in [0.15, 0.2) is 0 Å². The Kier molecular flexibility index (Phi) is 3.83. The summed E-state index contributed by atoms with van der Waals surface area (Å²) in [7, 11) is 0. The first kappa shape index (κ1) is 11.9. The van der Waals surface area contributed by atoms with Crippen LogP contribution in [0, 0.1) is 17.2 Å². The summed E-state index contributed by atoms with van der Waals surface area (Å²) in [6.07, 6.45) is 9.07. The Morgan fingerprint density at radius 1 is 1.19 bits per heavy atom. The third-order valence-corrected chi connectivity index (χ3v) is 4.29. The fourth-order valence-electron chi connectivity index (χ4n) is 3.25. The lowest BCUT2D eigenvalue weighted by molar-refractivity contribution is 0.132. The zero-order valence-corrected chi connectivity index (χ0v) is 9.91. The van der Waals surface area contributed by atoms with Gasteiger partial charge in [0.05, 0.1) is 18.6 Å². The zero-order chi connectivity index (χ0) is 11.4. The first-order chi connectivity index (χ1) is 7.79. The number of hydrogen-bond donors (Lipinski definition) is 2. The van der Waals surface area contributed by atoms with Crippen LogP contribution in [0.3, 0.4) is 0 Å². The molecule has 2 aliphatic carbocycles. The lowest BCUT2D eigenvalue weighted by Gasteiger charge is -2.37. The van der Waals surface area contributed by atoms with Crippen molar-refractivity contribution in [2.45, 2.75) is 62.9 Å². The van der Waals surface area contributed by atoms with Gasteiger partial charge >= 0.3 is 0 Å². The van der Waals surface area contributed by atoms with Crippen molar-refractivity contribution in [3.05, 3.63) is 0 Å². The maximum absolute atomic E-state index is 9.56. The minimum Gasteiger partial charge on any atom is -0.394 e. The number of nitrogens with one attached hydrogen (secondary N) is 1.